The van der Waals surface area contributed by atoms with Gasteiger partial charge in [-0.05, 0) is 18.2 Å². The number of aromatic hydroxyl groups is 4. The van der Waals surface area contributed by atoms with Gasteiger partial charge in [-0.25, -0.2) is 0 Å². The fraction of sp³-hybridized carbons (Fsp3) is 0.423. The summed E-state index contributed by atoms with van der Waals surface area (Å²) in [5.41, 5.74) is -2.64. The molecule has 0 radical (unpaired) electrons. The van der Waals surface area contributed by atoms with Crippen LogP contribution in [0.3, 0.4) is 0 Å². The summed E-state index contributed by atoms with van der Waals surface area (Å²) in [6.45, 7) is -1.39. The summed E-state index contributed by atoms with van der Waals surface area (Å²) in [6.07, 6.45) is -16.0. The third-order valence-corrected chi connectivity index (χ3v) is 7.42. The van der Waals surface area contributed by atoms with E-state index in [4.69, 9.17) is 13.9 Å². The fourth-order valence-electron chi connectivity index (χ4n) is 5.16. The lowest BCUT2D eigenvalue weighted by Crippen LogP contribution is -2.55. The van der Waals surface area contributed by atoms with Gasteiger partial charge in [0.05, 0.1) is 24.3 Å². The van der Waals surface area contributed by atoms with Gasteiger partial charge in [0.1, 0.15) is 77.6 Å². The molecule has 2 fully saturated rings. The summed E-state index contributed by atoms with van der Waals surface area (Å²) in [5, 5.41) is 113. The van der Waals surface area contributed by atoms with E-state index in [9.17, 15) is 61.0 Å². The van der Waals surface area contributed by atoms with Gasteiger partial charge in [0.25, 0.3) is 0 Å². The summed E-state index contributed by atoms with van der Waals surface area (Å²) in [5.74, 6) is -3.21. The lowest BCUT2D eigenvalue weighted by molar-refractivity contribution is -0.232. The zero-order valence-electron chi connectivity index (χ0n) is 21.0. The van der Waals surface area contributed by atoms with Crippen molar-refractivity contribution in [2.75, 3.05) is 13.2 Å². The van der Waals surface area contributed by atoms with Crippen LogP contribution in [0.15, 0.2) is 33.5 Å². The number of hydrogen-bond acceptors (Lipinski definition) is 15. The molecule has 5 rings (SSSR count). The Hall–Kier alpha value is -3.51. The predicted octanol–water partition coefficient (Wildman–Crippen LogP) is -2.05. The number of phenolic OH excluding ortho intramolecular Hbond substituents is 4. The largest absolute Gasteiger partial charge is 0.507 e. The van der Waals surface area contributed by atoms with Gasteiger partial charge in [0, 0.05) is 11.6 Å². The van der Waals surface area contributed by atoms with Crippen molar-refractivity contribution in [2.24, 2.45) is 0 Å². The molecule has 0 amide bonds. The van der Waals surface area contributed by atoms with Crippen molar-refractivity contribution >= 4 is 11.0 Å². The Kier molecular flexibility index (Phi) is 7.58. The molecule has 3 aromatic rings. The molecule has 1 aromatic heterocycles. The van der Waals surface area contributed by atoms with E-state index < -0.39 is 119 Å². The zero-order valence-corrected chi connectivity index (χ0v) is 21.0. The SMILES string of the molecule is O=c1cc(-c2ccc(O)c(O)c2)oc2c([C@H]3OC[C@H](O)[C@H](O)[C@@H]3O)c(O)c([C@@H]3O[C@H](CO)[C@@H](O)[C@H](O)[C@H]3O)c(O)c12. The maximum absolute atomic E-state index is 13.4. The lowest BCUT2D eigenvalue weighted by Gasteiger charge is -2.41. The van der Waals surface area contributed by atoms with Gasteiger partial charge in [-0.1, -0.05) is 0 Å². The number of fused-ring (bicyclic) bond motifs is 1. The van der Waals surface area contributed by atoms with Crippen molar-refractivity contribution in [3.63, 3.8) is 0 Å². The van der Waals surface area contributed by atoms with Crippen molar-refractivity contribution in [1.82, 2.24) is 0 Å². The van der Waals surface area contributed by atoms with Crippen LogP contribution in [0.4, 0.5) is 0 Å². The molecule has 11 N–H and O–H groups in total. The number of aliphatic hydroxyl groups excluding tert-OH is 7. The number of phenols is 4. The second kappa shape index (κ2) is 10.7. The van der Waals surface area contributed by atoms with E-state index in [1.807, 2.05) is 0 Å². The molecule has 0 bridgehead atoms. The molecule has 0 unspecified atom stereocenters. The van der Waals surface area contributed by atoms with E-state index in [-0.39, 0.29) is 11.3 Å². The average Bonchev–Trinajstić information content (AvgIpc) is 2.93. The van der Waals surface area contributed by atoms with E-state index in [1.54, 1.807) is 0 Å². The van der Waals surface area contributed by atoms with E-state index >= 15 is 0 Å². The standard InChI is InChI=1S/C26H28O15/c27-5-13-18(33)21(36)23(38)26(41-13)15-19(34)14-10(30)4-12(7-1-2-8(28)9(29)3-7)40-24(14)16(20(15)35)25-22(37)17(32)11(31)6-39-25/h1-4,11,13,17-18,21-23,25-29,31-38H,5-6H2/t11-,13+,17-,18+,21-,22-,23+,25+,26-/m0/s1. The fourth-order valence-corrected chi connectivity index (χ4v) is 5.16. The van der Waals surface area contributed by atoms with Crippen molar-refractivity contribution in [2.45, 2.75) is 54.9 Å². The Morgan fingerprint density at radius 2 is 1.44 bits per heavy atom. The Bertz CT molecular complexity index is 1520. The van der Waals surface area contributed by atoms with Crippen LogP contribution in [0.1, 0.15) is 23.3 Å². The Labute approximate surface area is 229 Å². The lowest BCUT2D eigenvalue weighted by atomic mass is 9.85. The minimum absolute atomic E-state index is 0.0720. The van der Waals surface area contributed by atoms with Crippen LogP contribution >= 0.6 is 0 Å². The van der Waals surface area contributed by atoms with Gasteiger partial charge >= 0.3 is 0 Å². The van der Waals surface area contributed by atoms with E-state index in [2.05, 4.69) is 0 Å². The molecule has 2 aliphatic heterocycles. The van der Waals surface area contributed by atoms with Crippen molar-refractivity contribution in [3.05, 3.63) is 45.6 Å². The number of hydrogen-bond donors (Lipinski definition) is 11. The first-order chi connectivity index (χ1) is 19.4. The van der Waals surface area contributed by atoms with Gasteiger partial charge in [-0.2, -0.15) is 0 Å². The smallest absolute Gasteiger partial charge is 0.197 e. The van der Waals surface area contributed by atoms with Gasteiger partial charge in [0.15, 0.2) is 22.5 Å². The van der Waals surface area contributed by atoms with Crippen molar-refractivity contribution in [3.8, 4) is 34.3 Å². The minimum Gasteiger partial charge on any atom is -0.507 e. The number of benzene rings is 2. The molecule has 2 aromatic carbocycles. The molecular formula is C26H28O15. The van der Waals surface area contributed by atoms with E-state index in [1.165, 1.54) is 6.07 Å². The quantitative estimate of drug-likeness (QED) is 0.148. The first-order valence-electron chi connectivity index (χ1n) is 12.4. The molecule has 222 valence electrons. The highest BCUT2D eigenvalue weighted by molar-refractivity contribution is 5.92. The zero-order chi connectivity index (χ0) is 29.9. The van der Waals surface area contributed by atoms with Gasteiger partial charge in [0.2, 0.25) is 0 Å². The van der Waals surface area contributed by atoms with Crippen LogP contribution in [0.25, 0.3) is 22.3 Å². The molecule has 15 nitrogen and oxygen atoms in total. The van der Waals surface area contributed by atoms with Crippen molar-refractivity contribution in [1.29, 1.82) is 0 Å². The highest BCUT2D eigenvalue weighted by Gasteiger charge is 2.48. The summed E-state index contributed by atoms with van der Waals surface area (Å²) in [4.78, 5) is 13.4. The third kappa shape index (κ3) is 4.66. The summed E-state index contributed by atoms with van der Waals surface area (Å²) < 4.78 is 16.8. The minimum atomic E-state index is -2.01. The number of aliphatic hydroxyl groups is 7. The van der Waals surface area contributed by atoms with Crippen molar-refractivity contribution < 1.29 is 70.1 Å². The topological polar surface area (TPSA) is 271 Å². The van der Waals surface area contributed by atoms with Crippen LogP contribution in [0.2, 0.25) is 0 Å². The van der Waals surface area contributed by atoms with Crippen LogP contribution in [0, 0.1) is 0 Å². The number of ether oxygens (including phenoxy) is 2. The van der Waals surface area contributed by atoms with Crippen LogP contribution in [-0.2, 0) is 9.47 Å². The maximum Gasteiger partial charge on any atom is 0.197 e. The highest BCUT2D eigenvalue weighted by atomic mass is 16.5. The van der Waals surface area contributed by atoms with Gasteiger partial charge < -0.3 is 70.1 Å². The van der Waals surface area contributed by atoms with Gasteiger partial charge in [-0.15, -0.1) is 0 Å². The van der Waals surface area contributed by atoms with Crippen LogP contribution < -0.4 is 5.43 Å². The first kappa shape index (κ1) is 29.0. The van der Waals surface area contributed by atoms with E-state index in [0.29, 0.717) is 0 Å². The third-order valence-electron chi connectivity index (χ3n) is 7.42. The Balaban J connectivity index is 1.81. The maximum atomic E-state index is 13.4. The van der Waals surface area contributed by atoms with E-state index in [0.717, 1.165) is 18.2 Å². The molecule has 3 heterocycles. The molecule has 2 aliphatic rings. The highest BCUT2D eigenvalue weighted by Crippen LogP contribution is 2.50. The normalized spacial score (nSPS) is 32.3. The molecule has 0 saturated carbocycles. The Morgan fingerprint density at radius 1 is 0.756 bits per heavy atom. The van der Waals surface area contributed by atoms with Gasteiger partial charge in [-0.3, -0.25) is 4.79 Å². The summed E-state index contributed by atoms with van der Waals surface area (Å²) in [6, 6.07) is 4.36. The van der Waals surface area contributed by atoms with Crippen LogP contribution in [-0.4, -0.2) is 112 Å². The second-order valence-electron chi connectivity index (χ2n) is 9.96. The summed E-state index contributed by atoms with van der Waals surface area (Å²) in [7, 11) is 0. The molecular weight excluding hydrogens is 552 g/mol. The molecule has 9 atom stereocenters. The second-order valence-corrected chi connectivity index (χ2v) is 9.96. The molecule has 0 aliphatic carbocycles. The monoisotopic (exact) mass is 580 g/mol. The average molecular weight is 580 g/mol. The molecule has 2 saturated heterocycles. The van der Waals surface area contributed by atoms with Crippen LogP contribution in [0.5, 0.6) is 23.0 Å². The Morgan fingerprint density at radius 3 is 2.10 bits per heavy atom. The first-order valence-corrected chi connectivity index (χ1v) is 12.4. The predicted molar refractivity (Wildman–Crippen MR) is 134 cm³/mol. The number of rotatable bonds is 4. The molecule has 0 spiro atoms. The summed E-state index contributed by atoms with van der Waals surface area (Å²) >= 11 is 0. The molecule has 15 heteroatoms. The molecule has 41 heavy (non-hydrogen) atoms.